The maximum absolute atomic E-state index is 12.8. The average Bonchev–Trinajstić information content (AvgIpc) is 3.03. The summed E-state index contributed by atoms with van der Waals surface area (Å²) in [5, 5.41) is 14.2. The van der Waals surface area contributed by atoms with Gasteiger partial charge in [0.1, 0.15) is 0 Å². The molecule has 1 aromatic heterocycles. The molecule has 2 aromatic rings. The first-order valence-corrected chi connectivity index (χ1v) is 8.51. The first-order chi connectivity index (χ1) is 13.1. The zero-order valence-corrected chi connectivity index (χ0v) is 15.1. The maximum Gasteiger partial charge on any atom is 0.343 e. The molecule has 0 saturated heterocycles. The number of hydrogen-bond donors (Lipinski definition) is 1. The van der Waals surface area contributed by atoms with Crippen LogP contribution in [0.4, 0.5) is 0 Å². The molecule has 142 valence electrons. The van der Waals surface area contributed by atoms with Gasteiger partial charge in [-0.2, -0.15) is 0 Å². The van der Waals surface area contributed by atoms with Crippen LogP contribution in [-0.4, -0.2) is 42.4 Å². The first-order valence-electron chi connectivity index (χ1n) is 8.51. The molecule has 0 amide bonds. The second kappa shape index (κ2) is 7.30. The van der Waals surface area contributed by atoms with Crippen molar-refractivity contribution in [3.05, 3.63) is 46.0 Å². The van der Waals surface area contributed by atoms with E-state index in [-0.39, 0.29) is 19.4 Å². The van der Waals surface area contributed by atoms with Crippen LogP contribution in [0.2, 0.25) is 0 Å². The molecule has 1 aromatic carbocycles. The Kier molecular flexibility index (Phi) is 5.07. The second-order valence-corrected chi connectivity index (χ2v) is 6.29. The Labute approximate surface area is 155 Å². The summed E-state index contributed by atoms with van der Waals surface area (Å²) in [4.78, 5) is 28.6. The zero-order valence-electron chi connectivity index (χ0n) is 15.1. The standard InChI is InChI=1S/C18H20N4O5/c1-26-16(24)18(17(25)27-2)9-7-13(20-21-19)15-12(8-10-23)11-5-3-4-6-14(11)22(15)18/h3-6,13,23H,7-10H2,1-2H3/t13-/m0/s1. The monoisotopic (exact) mass is 372 g/mol. The molecule has 2 heterocycles. The number of para-hydroxylation sites is 1. The molecular weight excluding hydrogens is 352 g/mol. The van der Waals surface area contributed by atoms with Gasteiger partial charge in [0.2, 0.25) is 5.54 Å². The van der Waals surface area contributed by atoms with Gasteiger partial charge in [0.15, 0.2) is 0 Å². The van der Waals surface area contributed by atoms with Crippen molar-refractivity contribution in [3.63, 3.8) is 0 Å². The van der Waals surface area contributed by atoms with Crippen LogP contribution in [0.25, 0.3) is 21.3 Å². The highest BCUT2D eigenvalue weighted by molar-refractivity contribution is 6.05. The highest BCUT2D eigenvalue weighted by atomic mass is 16.5. The summed E-state index contributed by atoms with van der Waals surface area (Å²) in [7, 11) is 2.43. The summed E-state index contributed by atoms with van der Waals surface area (Å²) >= 11 is 0. The fourth-order valence-corrected chi connectivity index (χ4v) is 4.04. The van der Waals surface area contributed by atoms with Crippen LogP contribution in [0.5, 0.6) is 0 Å². The summed E-state index contributed by atoms with van der Waals surface area (Å²) in [5.74, 6) is -1.49. The van der Waals surface area contributed by atoms with E-state index < -0.39 is 23.5 Å². The molecule has 0 radical (unpaired) electrons. The summed E-state index contributed by atoms with van der Waals surface area (Å²) in [6.45, 7) is -0.132. The largest absolute Gasteiger partial charge is 0.467 e. The van der Waals surface area contributed by atoms with Gasteiger partial charge in [0.05, 0.1) is 25.8 Å². The van der Waals surface area contributed by atoms with Gasteiger partial charge in [-0.1, -0.05) is 23.3 Å². The lowest BCUT2D eigenvalue weighted by Gasteiger charge is -2.38. The van der Waals surface area contributed by atoms with Gasteiger partial charge in [-0.3, -0.25) is 0 Å². The van der Waals surface area contributed by atoms with Crippen molar-refractivity contribution in [2.45, 2.75) is 30.8 Å². The molecule has 9 heteroatoms. The van der Waals surface area contributed by atoms with Gasteiger partial charge in [0.25, 0.3) is 0 Å². The highest BCUT2D eigenvalue weighted by Crippen LogP contribution is 2.46. The van der Waals surface area contributed by atoms with Crippen LogP contribution < -0.4 is 0 Å². The number of rotatable bonds is 5. The molecule has 0 saturated carbocycles. The third-order valence-corrected chi connectivity index (χ3v) is 5.10. The Hall–Kier alpha value is -3.03. The lowest BCUT2D eigenvalue weighted by atomic mass is 9.84. The number of carbonyl (C=O) groups excluding carboxylic acids is 2. The molecule has 0 unspecified atom stereocenters. The Morgan fingerprint density at radius 1 is 1.33 bits per heavy atom. The minimum atomic E-state index is -1.71. The topological polar surface area (TPSA) is 127 Å². The third-order valence-electron chi connectivity index (χ3n) is 5.10. The van der Waals surface area contributed by atoms with Crippen LogP contribution >= 0.6 is 0 Å². The van der Waals surface area contributed by atoms with E-state index in [1.807, 2.05) is 12.1 Å². The van der Waals surface area contributed by atoms with Gasteiger partial charge in [-0.05, 0) is 36.4 Å². The quantitative estimate of drug-likeness (QED) is 0.283. The van der Waals surface area contributed by atoms with Crippen molar-refractivity contribution in [1.29, 1.82) is 0 Å². The van der Waals surface area contributed by atoms with Crippen molar-refractivity contribution >= 4 is 22.8 Å². The third kappa shape index (κ3) is 2.63. The van der Waals surface area contributed by atoms with E-state index in [2.05, 4.69) is 10.0 Å². The van der Waals surface area contributed by atoms with E-state index in [0.717, 1.165) is 10.9 Å². The molecule has 0 spiro atoms. The van der Waals surface area contributed by atoms with Crippen molar-refractivity contribution in [1.82, 2.24) is 4.57 Å². The number of aliphatic hydroxyl groups excluding tert-OH is 1. The maximum atomic E-state index is 12.8. The van der Waals surface area contributed by atoms with Crippen LogP contribution in [0, 0.1) is 0 Å². The highest BCUT2D eigenvalue weighted by Gasteiger charge is 2.55. The first kappa shape index (κ1) is 18.8. The molecule has 1 atom stereocenters. The second-order valence-electron chi connectivity index (χ2n) is 6.29. The van der Waals surface area contributed by atoms with E-state index in [9.17, 15) is 14.7 Å². The fraction of sp³-hybridized carbons (Fsp3) is 0.444. The number of aromatic nitrogens is 1. The molecule has 27 heavy (non-hydrogen) atoms. The van der Waals surface area contributed by atoms with Crippen molar-refractivity contribution in [2.75, 3.05) is 20.8 Å². The average molecular weight is 372 g/mol. The number of ether oxygens (including phenoxy) is 2. The van der Waals surface area contributed by atoms with Gasteiger partial charge in [-0.15, -0.1) is 0 Å². The molecule has 1 aliphatic heterocycles. The molecule has 3 rings (SSSR count). The summed E-state index contributed by atoms with van der Waals surface area (Å²) < 4.78 is 11.5. The number of carbonyl (C=O) groups is 2. The van der Waals surface area contributed by atoms with Crippen molar-refractivity contribution in [3.8, 4) is 0 Å². The van der Waals surface area contributed by atoms with E-state index >= 15 is 0 Å². The zero-order chi connectivity index (χ0) is 19.6. The molecule has 0 bridgehead atoms. The number of nitrogens with zero attached hydrogens (tertiary/aromatic N) is 4. The predicted octanol–water partition coefficient (Wildman–Crippen LogP) is 2.36. The fourth-order valence-electron chi connectivity index (χ4n) is 4.04. The lowest BCUT2D eigenvalue weighted by molar-refractivity contribution is -0.168. The van der Waals surface area contributed by atoms with Gasteiger partial charge in [-0.25, -0.2) is 9.59 Å². The minimum Gasteiger partial charge on any atom is -0.467 e. The van der Waals surface area contributed by atoms with E-state index in [0.29, 0.717) is 17.6 Å². The van der Waals surface area contributed by atoms with Crippen LogP contribution in [0.15, 0.2) is 29.4 Å². The Morgan fingerprint density at radius 3 is 2.59 bits per heavy atom. The molecular formula is C18H20N4O5. The number of benzene rings is 1. The summed E-state index contributed by atoms with van der Waals surface area (Å²) in [6.07, 6.45) is 0.627. The number of aliphatic hydroxyl groups is 1. The van der Waals surface area contributed by atoms with E-state index in [4.69, 9.17) is 15.0 Å². The minimum absolute atomic E-state index is 0.0697. The summed E-state index contributed by atoms with van der Waals surface area (Å²) in [6, 6.07) is 6.66. The normalized spacial score (nSPS) is 17.7. The number of fused-ring (bicyclic) bond motifs is 3. The molecule has 0 aliphatic carbocycles. The number of esters is 2. The predicted molar refractivity (Wildman–Crippen MR) is 95.9 cm³/mol. The number of hydrogen-bond acceptors (Lipinski definition) is 6. The number of azide groups is 1. The summed E-state index contributed by atoms with van der Waals surface area (Å²) in [5.41, 5.74) is 9.17. The van der Waals surface area contributed by atoms with E-state index in [1.165, 1.54) is 14.2 Å². The Morgan fingerprint density at radius 2 is 2.00 bits per heavy atom. The van der Waals surface area contributed by atoms with Crippen LogP contribution in [0.3, 0.4) is 0 Å². The Balaban J connectivity index is 2.48. The van der Waals surface area contributed by atoms with Crippen LogP contribution in [-0.2, 0) is 31.0 Å². The van der Waals surface area contributed by atoms with Gasteiger partial charge in [0, 0.05) is 22.6 Å². The molecule has 0 fully saturated rings. The molecule has 1 aliphatic rings. The Bertz CT molecular complexity index is 929. The molecule has 9 nitrogen and oxygen atoms in total. The SMILES string of the molecule is COC(=O)C1(C(=O)OC)CC[C@H](N=[N+]=[N-])c2c(CCO)c3ccccc3n21. The smallest absolute Gasteiger partial charge is 0.343 e. The van der Waals surface area contributed by atoms with Gasteiger partial charge >= 0.3 is 11.9 Å². The van der Waals surface area contributed by atoms with E-state index in [1.54, 1.807) is 16.7 Å². The lowest BCUT2D eigenvalue weighted by Crippen LogP contribution is -2.53. The van der Waals surface area contributed by atoms with Crippen molar-refractivity contribution < 1.29 is 24.2 Å². The van der Waals surface area contributed by atoms with Crippen molar-refractivity contribution in [2.24, 2.45) is 5.11 Å². The van der Waals surface area contributed by atoms with Gasteiger partial charge < -0.3 is 19.1 Å². The molecule has 1 N–H and O–H groups in total. The van der Waals surface area contributed by atoms with Crippen LogP contribution in [0.1, 0.15) is 30.1 Å². The number of methoxy groups -OCH3 is 2.